The maximum Gasteiger partial charge on any atom is 0.225 e. The number of nitrogens with zero attached hydrogens (tertiary/aromatic N) is 1. The maximum atomic E-state index is 12.9. The van der Waals surface area contributed by atoms with Gasteiger partial charge in [0.05, 0.1) is 18.6 Å². The lowest BCUT2D eigenvalue weighted by molar-refractivity contribution is -0.141. The van der Waals surface area contributed by atoms with E-state index in [2.05, 4.69) is 30.1 Å². The minimum absolute atomic E-state index is 0.169. The number of rotatable bonds is 4. The molecule has 0 aromatic rings. The van der Waals surface area contributed by atoms with Gasteiger partial charge in [-0.25, -0.2) is 0 Å². The fraction of sp³-hybridized carbons (Fsp3) is 0.783. The summed E-state index contributed by atoms with van der Waals surface area (Å²) in [6.07, 6.45) is 15.1. The molecule has 3 aliphatic rings. The van der Waals surface area contributed by atoms with Gasteiger partial charge in [-0.3, -0.25) is 4.79 Å². The van der Waals surface area contributed by atoms with Crippen molar-refractivity contribution in [3.05, 3.63) is 23.8 Å². The highest BCUT2D eigenvalue weighted by Gasteiger charge is 2.41. The molecule has 146 valence electrons. The Morgan fingerprint density at radius 3 is 2.69 bits per heavy atom. The second-order valence-electron chi connectivity index (χ2n) is 9.49. The Balaban J connectivity index is 1.64. The number of ether oxygens (including phenoxy) is 1. The second kappa shape index (κ2) is 8.29. The molecule has 3 heteroatoms. The number of hydrogen-bond acceptors (Lipinski definition) is 2. The van der Waals surface area contributed by atoms with Gasteiger partial charge in [-0.1, -0.05) is 38.0 Å². The van der Waals surface area contributed by atoms with Crippen LogP contribution < -0.4 is 0 Å². The molecule has 0 spiro atoms. The van der Waals surface area contributed by atoms with E-state index in [4.69, 9.17) is 4.74 Å². The fourth-order valence-electron chi connectivity index (χ4n) is 4.98. The van der Waals surface area contributed by atoms with Gasteiger partial charge >= 0.3 is 0 Å². The Kier molecular flexibility index (Phi) is 6.27. The van der Waals surface area contributed by atoms with Crippen molar-refractivity contribution in [2.75, 3.05) is 13.2 Å². The van der Waals surface area contributed by atoms with Crippen LogP contribution in [0.4, 0.5) is 0 Å². The molecule has 0 bridgehead atoms. The highest BCUT2D eigenvalue weighted by atomic mass is 16.5. The van der Waals surface area contributed by atoms with Crippen molar-refractivity contribution in [1.29, 1.82) is 0 Å². The molecule has 1 amide bonds. The summed E-state index contributed by atoms with van der Waals surface area (Å²) in [4.78, 5) is 15.1. The molecule has 1 unspecified atom stereocenters. The van der Waals surface area contributed by atoms with Gasteiger partial charge in [0.1, 0.15) is 0 Å². The summed E-state index contributed by atoms with van der Waals surface area (Å²) < 4.78 is 5.79. The van der Waals surface area contributed by atoms with Gasteiger partial charge in [-0.05, 0) is 69.8 Å². The van der Waals surface area contributed by atoms with Crippen LogP contribution in [-0.2, 0) is 9.53 Å². The average molecular weight is 360 g/mol. The largest absolute Gasteiger partial charge is 0.375 e. The Morgan fingerprint density at radius 1 is 1.23 bits per heavy atom. The molecule has 3 nitrogen and oxygen atoms in total. The maximum absolute atomic E-state index is 12.9. The van der Waals surface area contributed by atoms with E-state index in [1.807, 2.05) is 20.8 Å². The highest BCUT2D eigenvalue weighted by Crippen LogP contribution is 2.43. The molecule has 26 heavy (non-hydrogen) atoms. The molecular weight excluding hydrogens is 322 g/mol. The predicted molar refractivity (Wildman–Crippen MR) is 107 cm³/mol. The predicted octanol–water partition coefficient (Wildman–Crippen LogP) is 5.12. The number of likely N-dealkylation sites (tertiary alicyclic amines) is 1. The Labute approximate surface area is 159 Å². The van der Waals surface area contributed by atoms with Crippen LogP contribution in [0.25, 0.3) is 0 Å². The molecule has 3 rings (SSSR count). The minimum atomic E-state index is -0.169. The Hall–Kier alpha value is -1.09. The van der Waals surface area contributed by atoms with E-state index in [1.165, 1.54) is 32.1 Å². The van der Waals surface area contributed by atoms with Crippen LogP contribution in [0.3, 0.4) is 0 Å². The van der Waals surface area contributed by atoms with Gasteiger partial charge < -0.3 is 9.64 Å². The molecule has 0 aromatic carbocycles. The van der Waals surface area contributed by atoms with Crippen LogP contribution in [0.15, 0.2) is 23.8 Å². The quantitative estimate of drug-likeness (QED) is 0.697. The smallest absolute Gasteiger partial charge is 0.225 e. The molecule has 1 heterocycles. The van der Waals surface area contributed by atoms with Crippen molar-refractivity contribution < 1.29 is 9.53 Å². The summed E-state index contributed by atoms with van der Waals surface area (Å²) in [5.74, 6) is 2.27. The summed E-state index contributed by atoms with van der Waals surface area (Å²) in [6.45, 7) is 9.88. The van der Waals surface area contributed by atoms with E-state index >= 15 is 0 Å². The summed E-state index contributed by atoms with van der Waals surface area (Å²) in [6, 6.07) is 0.443. The first-order chi connectivity index (χ1) is 12.3. The first-order valence-electron chi connectivity index (χ1n) is 10.7. The zero-order valence-electron chi connectivity index (χ0n) is 17.2. The van der Waals surface area contributed by atoms with E-state index in [1.54, 1.807) is 5.57 Å². The van der Waals surface area contributed by atoms with Crippen LogP contribution in [0.5, 0.6) is 0 Å². The number of fused-ring (bicyclic) bond motifs is 1. The van der Waals surface area contributed by atoms with Crippen LogP contribution >= 0.6 is 0 Å². The van der Waals surface area contributed by atoms with Gasteiger partial charge in [-0.2, -0.15) is 0 Å². The molecule has 2 fully saturated rings. The molecule has 2 aliphatic carbocycles. The number of carbonyl (C=O) groups is 1. The Morgan fingerprint density at radius 2 is 2.00 bits per heavy atom. The normalized spacial score (nSPS) is 32.2. The van der Waals surface area contributed by atoms with E-state index in [0.717, 1.165) is 13.0 Å². The third-order valence-electron chi connectivity index (χ3n) is 6.32. The van der Waals surface area contributed by atoms with Crippen molar-refractivity contribution >= 4 is 5.91 Å². The second-order valence-corrected chi connectivity index (χ2v) is 9.49. The van der Waals surface area contributed by atoms with Crippen molar-refractivity contribution in [1.82, 2.24) is 4.90 Å². The molecule has 1 aliphatic heterocycles. The van der Waals surface area contributed by atoms with Gasteiger partial charge in [0.15, 0.2) is 0 Å². The van der Waals surface area contributed by atoms with Crippen LogP contribution in [0.2, 0.25) is 0 Å². The first kappa shape index (κ1) is 19.7. The summed E-state index contributed by atoms with van der Waals surface area (Å²) in [5, 5.41) is 0. The monoisotopic (exact) mass is 359 g/mol. The minimum Gasteiger partial charge on any atom is -0.375 e. The van der Waals surface area contributed by atoms with E-state index in [0.29, 0.717) is 42.7 Å². The molecule has 0 radical (unpaired) electrons. The summed E-state index contributed by atoms with van der Waals surface area (Å²) in [5.41, 5.74) is 1.38. The lowest BCUT2D eigenvalue weighted by atomic mass is 9.68. The third kappa shape index (κ3) is 4.79. The van der Waals surface area contributed by atoms with Crippen molar-refractivity contribution in [3.8, 4) is 0 Å². The zero-order chi connectivity index (χ0) is 18.7. The number of allylic oxidation sites excluding steroid dienone is 4. The SMILES string of the molecule is CC1C=CC([C@@H]2CCN(C(=O)CCOC(C)(C)C)[C@@H]3CCCC[C@H]32)=CC1. The molecule has 0 aromatic heterocycles. The van der Waals surface area contributed by atoms with Crippen molar-refractivity contribution in [2.24, 2.45) is 17.8 Å². The topological polar surface area (TPSA) is 29.5 Å². The van der Waals surface area contributed by atoms with Gasteiger partial charge in [0.2, 0.25) is 5.91 Å². The molecular formula is C23H37NO2. The third-order valence-corrected chi connectivity index (χ3v) is 6.32. The van der Waals surface area contributed by atoms with Gasteiger partial charge in [0.25, 0.3) is 0 Å². The number of amides is 1. The Bertz CT molecular complexity index is 557. The highest BCUT2D eigenvalue weighted by molar-refractivity contribution is 5.76. The van der Waals surface area contributed by atoms with E-state index in [9.17, 15) is 4.79 Å². The number of hydrogen-bond donors (Lipinski definition) is 0. The van der Waals surface area contributed by atoms with Crippen LogP contribution in [0, 0.1) is 17.8 Å². The fourth-order valence-corrected chi connectivity index (χ4v) is 4.98. The molecule has 1 saturated carbocycles. The zero-order valence-corrected chi connectivity index (χ0v) is 17.2. The molecule has 4 atom stereocenters. The first-order valence-corrected chi connectivity index (χ1v) is 10.7. The molecule has 1 saturated heterocycles. The van der Waals surface area contributed by atoms with Crippen molar-refractivity contribution in [2.45, 2.75) is 84.3 Å². The summed E-state index contributed by atoms with van der Waals surface area (Å²) >= 11 is 0. The van der Waals surface area contributed by atoms with Crippen LogP contribution in [-0.4, -0.2) is 35.6 Å². The van der Waals surface area contributed by atoms with E-state index < -0.39 is 0 Å². The van der Waals surface area contributed by atoms with Gasteiger partial charge in [-0.15, -0.1) is 0 Å². The lowest BCUT2D eigenvalue weighted by Gasteiger charge is -2.49. The van der Waals surface area contributed by atoms with Gasteiger partial charge in [0, 0.05) is 12.6 Å². The van der Waals surface area contributed by atoms with Crippen LogP contribution in [0.1, 0.15) is 72.6 Å². The van der Waals surface area contributed by atoms with Crippen molar-refractivity contribution in [3.63, 3.8) is 0 Å². The summed E-state index contributed by atoms with van der Waals surface area (Å²) in [7, 11) is 0. The standard InChI is InChI=1S/C23H37NO2/c1-17-9-11-18(12-10-17)19-13-15-24(21-8-6-5-7-20(19)21)22(25)14-16-26-23(2,3)4/h9,11-12,17,19-21H,5-8,10,13-16H2,1-4H3/t17?,19-,20-,21+/m0/s1. The number of piperidine rings is 1. The lowest BCUT2D eigenvalue weighted by Crippen LogP contribution is -2.53. The number of carbonyl (C=O) groups excluding carboxylic acids is 1. The average Bonchev–Trinajstić information content (AvgIpc) is 2.60. The van der Waals surface area contributed by atoms with E-state index in [-0.39, 0.29) is 5.60 Å². The molecule has 0 N–H and O–H groups in total.